The number of ketones is 1. The van der Waals surface area contributed by atoms with E-state index >= 15 is 0 Å². The second-order valence-corrected chi connectivity index (χ2v) is 13.2. The maximum Gasteiger partial charge on any atom is 0.159 e. The molecule has 0 aromatic carbocycles. The molecule has 0 bridgehead atoms. The summed E-state index contributed by atoms with van der Waals surface area (Å²) in [6.07, 6.45) is -1.09. The lowest BCUT2D eigenvalue weighted by atomic mass is 9.45. The zero-order valence-electron chi connectivity index (χ0n) is 21.6. The third-order valence-electron chi connectivity index (χ3n) is 10.7. The van der Waals surface area contributed by atoms with E-state index in [1.54, 1.807) is 27.7 Å². The summed E-state index contributed by atoms with van der Waals surface area (Å²) in [5, 5.41) is 76.6. The lowest BCUT2D eigenvalue weighted by Crippen LogP contribution is -2.66. The molecule has 0 radical (unpaired) electrons. The minimum Gasteiger partial charge on any atom is -0.390 e. The SMILES string of the molecule is CC(C)(O)CC[C@@H](O)[C@](C)(O)[C@H]1CC[C@@]2(O)C3=CC(=O)[C@@H]4C[C@@H](O)[C@H](O)[C@@H](O)[C@]4(C)[C@H]3CC[C@]12C. The van der Waals surface area contributed by atoms with Gasteiger partial charge in [-0.25, -0.2) is 0 Å². The van der Waals surface area contributed by atoms with Crippen LogP contribution in [0.5, 0.6) is 0 Å². The average Bonchev–Trinajstić information content (AvgIpc) is 3.04. The second-order valence-electron chi connectivity index (χ2n) is 13.2. The number of hydrogen-bond donors (Lipinski definition) is 7. The molecule has 0 unspecified atom stereocenters. The monoisotopic (exact) mass is 496 g/mol. The molecule has 0 amide bonds. The minimum atomic E-state index is -1.52. The van der Waals surface area contributed by atoms with Crippen LogP contribution in [0.1, 0.15) is 79.6 Å². The van der Waals surface area contributed by atoms with E-state index in [9.17, 15) is 40.5 Å². The third-order valence-corrected chi connectivity index (χ3v) is 10.7. The molecule has 3 fully saturated rings. The van der Waals surface area contributed by atoms with Crippen LogP contribution in [0.4, 0.5) is 0 Å². The molecule has 0 spiro atoms. The van der Waals surface area contributed by atoms with Gasteiger partial charge in [0.05, 0.1) is 35.1 Å². The number of allylic oxidation sites excluding steroid dienone is 1. The number of aliphatic hydroxyl groups is 7. The van der Waals surface area contributed by atoms with Gasteiger partial charge in [-0.3, -0.25) is 4.79 Å². The molecule has 0 aromatic heterocycles. The molecule has 0 heterocycles. The van der Waals surface area contributed by atoms with E-state index in [-0.39, 0.29) is 24.5 Å². The van der Waals surface area contributed by atoms with Crippen molar-refractivity contribution in [2.45, 2.75) is 121 Å². The number of carbonyl (C=O) groups excluding carboxylic acids is 1. The highest BCUT2D eigenvalue weighted by Crippen LogP contribution is 2.68. The first-order chi connectivity index (χ1) is 15.9. The first kappa shape index (κ1) is 27.2. The maximum atomic E-state index is 13.3. The summed E-state index contributed by atoms with van der Waals surface area (Å²) in [7, 11) is 0. The summed E-state index contributed by atoms with van der Waals surface area (Å²) in [5.74, 6) is -1.73. The predicted octanol–water partition coefficient (Wildman–Crippen LogP) is 0.825. The summed E-state index contributed by atoms with van der Waals surface area (Å²) >= 11 is 0. The van der Waals surface area contributed by atoms with Crippen LogP contribution in [0.25, 0.3) is 0 Å². The van der Waals surface area contributed by atoms with Gasteiger partial charge in [-0.1, -0.05) is 13.8 Å². The van der Waals surface area contributed by atoms with Gasteiger partial charge in [0, 0.05) is 16.7 Å². The van der Waals surface area contributed by atoms with E-state index in [2.05, 4.69) is 0 Å². The number of carbonyl (C=O) groups is 1. The van der Waals surface area contributed by atoms with E-state index in [1.165, 1.54) is 6.08 Å². The summed E-state index contributed by atoms with van der Waals surface area (Å²) in [6, 6.07) is 0. The molecule has 7 N–H and O–H groups in total. The van der Waals surface area contributed by atoms with Gasteiger partial charge in [-0.15, -0.1) is 0 Å². The Balaban J connectivity index is 1.69. The molecule has 3 saturated carbocycles. The van der Waals surface area contributed by atoms with E-state index in [0.717, 1.165) is 0 Å². The molecule has 35 heavy (non-hydrogen) atoms. The van der Waals surface area contributed by atoms with E-state index in [0.29, 0.717) is 37.7 Å². The molecular weight excluding hydrogens is 452 g/mol. The fourth-order valence-electron chi connectivity index (χ4n) is 8.35. The summed E-state index contributed by atoms with van der Waals surface area (Å²) in [4.78, 5) is 13.3. The van der Waals surface area contributed by atoms with Crippen molar-refractivity contribution in [3.05, 3.63) is 11.6 Å². The Morgan fingerprint density at radius 1 is 1.06 bits per heavy atom. The smallest absolute Gasteiger partial charge is 0.159 e. The minimum absolute atomic E-state index is 0.0638. The van der Waals surface area contributed by atoms with Gasteiger partial charge in [0.2, 0.25) is 0 Å². The van der Waals surface area contributed by atoms with Crippen LogP contribution in [0.2, 0.25) is 0 Å². The molecule has 4 aliphatic carbocycles. The average molecular weight is 497 g/mol. The van der Waals surface area contributed by atoms with Gasteiger partial charge in [-0.05, 0) is 89.2 Å². The summed E-state index contributed by atoms with van der Waals surface area (Å²) in [5.41, 5.74) is -5.21. The third kappa shape index (κ3) is 3.78. The van der Waals surface area contributed by atoms with Gasteiger partial charge in [-0.2, -0.15) is 0 Å². The Hall–Kier alpha value is -0.870. The standard InChI is InChI=1S/C27H44O8/c1-23(2,33)9-8-20(30)26(5,34)19-7-11-27(35)15-12-17(28)16-13-18(29)21(31)22(32)25(16,4)14(15)6-10-24(19,27)3/h12,14,16,18-22,29-35H,6-11,13H2,1-5H3/t14-,16-,18+,19-,20+,21-,22+,24+,25+,26+,27+/m0/s1. The van der Waals surface area contributed by atoms with Crippen LogP contribution in [0.3, 0.4) is 0 Å². The lowest BCUT2D eigenvalue weighted by molar-refractivity contribution is -0.205. The number of hydrogen-bond acceptors (Lipinski definition) is 8. The normalized spacial score (nSPS) is 48.3. The van der Waals surface area contributed by atoms with Crippen LogP contribution in [0, 0.1) is 28.6 Å². The highest BCUT2D eigenvalue weighted by atomic mass is 16.4. The maximum absolute atomic E-state index is 13.3. The molecule has 8 nitrogen and oxygen atoms in total. The first-order valence-electron chi connectivity index (χ1n) is 13.1. The molecule has 200 valence electrons. The Morgan fingerprint density at radius 2 is 1.69 bits per heavy atom. The van der Waals surface area contributed by atoms with Crippen molar-refractivity contribution in [3.8, 4) is 0 Å². The van der Waals surface area contributed by atoms with Crippen LogP contribution in [-0.4, -0.2) is 82.7 Å². The zero-order valence-corrected chi connectivity index (χ0v) is 21.6. The topological polar surface area (TPSA) is 159 Å². The predicted molar refractivity (Wildman–Crippen MR) is 128 cm³/mol. The fourth-order valence-corrected chi connectivity index (χ4v) is 8.35. The molecule has 4 aliphatic rings. The molecule has 4 rings (SSSR count). The second kappa shape index (κ2) is 8.32. The number of aliphatic hydroxyl groups excluding tert-OH is 4. The molecule has 11 atom stereocenters. The lowest BCUT2D eigenvalue weighted by Gasteiger charge is -2.61. The molecule has 0 aromatic rings. The van der Waals surface area contributed by atoms with Crippen molar-refractivity contribution < 1.29 is 40.5 Å². The highest BCUT2D eigenvalue weighted by molar-refractivity contribution is 5.95. The van der Waals surface area contributed by atoms with Crippen molar-refractivity contribution in [2.75, 3.05) is 0 Å². The van der Waals surface area contributed by atoms with E-state index in [4.69, 9.17) is 0 Å². The van der Waals surface area contributed by atoms with Gasteiger partial charge in [0.15, 0.2) is 5.78 Å². The Labute approximate surface area is 207 Å². The van der Waals surface area contributed by atoms with Crippen LogP contribution in [0.15, 0.2) is 11.6 Å². The molecule has 0 saturated heterocycles. The summed E-state index contributed by atoms with van der Waals surface area (Å²) in [6.45, 7) is 8.59. The Kier molecular flexibility index (Phi) is 6.46. The fraction of sp³-hybridized carbons (Fsp3) is 0.889. The largest absolute Gasteiger partial charge is 0.390 e. The van der Waals surface area contributed by atoms with E-state index < -0.39 is 63.9 Å². The van der Waals surface area contributed by atoms with Gasteiger partial charge < -0.3 is 35.7 Å². The van der Waals surface area contributed by atoms with Crippen molar-refractivity contribution in [2.24, 2.45) is 28.6 Å². The van der Waals surface area contributed by atoms with Gasteiger partial charge >= 0.3 is 0 Å². The zero-order chi connectivity index (χ0) is 26.4. The highest BCUT2D eigenvalue weighted by Gasteiger charge is 2.70. The van der Waals surface area contributed by atoms with Crippen LogP contribution in [-0.2, 0) is 4.79 Å². The first-order valence-corrected chi connectivity index (χ1v) is 13.1. The van der Waals surface area contributed by atoms with Crippen LogP contribution >= 0.6 is 0 Å². The van der Waals surface area contributed by atoms with Gasteiger partial charge in [0.25, 0.3) is 0 Å². The molecule has 0 aliphatic heterocycles. The number of fused-ring (bicyclic) bond motifs is 5. The van der Waals surface area contributed by atoms with Gasteiger partial charge in [0.1, 0.15) is 6.10 Å². The number of rotatable bonds is 5. The molecular formula is C27H44O8. The molecule has 8 heteroatoms. The summed E-state index contributed by atoms with van der Waals surface area (Å²) < 4.78 is 0. The van der Waals surface area contributed by atoms with Crippen molar-refractivity contribution in [1.29, 1.82) is 0 Å². The quantitative estimate of drug-likeness (QED) is 0.295. The Morgan fingerprint density at radius 3 is 2.29 bits per heavy atom. The van der Waals surface area contributed by atoms with E-state index in [1.807, 2.05) is 6.92 Å². The Bertz CT molecular complexity index is 892. The van der Waals surface area contributed by atoms with Crippen LogP contribution < -0.4 is 0 Å². The van der Waals surface area contributed by atoms with Crippen molar-refractivity contribution in [1.82, 2.24) is 0 Å². The van der Waals surface area contributed by atoms with Crippen molar-refractivity contribution in [3.63, 3.8) is 0 Å². The van der Waals surface area contributed by atoms with Crippen molar-refractivity contribution >= 4 is 5.78 Å².